The Kier molecular flexibility index (Phi) is 1.10. The fourth-order valence-corrected chi connectivity index (χ4v) is 0.510. The lowest BCUT2D eigenvalue weighted by Gasteiger charge is -1.77. The molecule has 36 valence electrons. The van der Waals surface area contributed by atoms with E-state index in [1.165, 1.54) is 0 Å². The number of nitrogens with one attached hydrogen (secondary N) is 1. The van der Waals surface area contributed by atoms with Crippen LogP contribution in [-0.4, -0.2) is 10.7 Å². The van der Waals surface area contributed by atoms with Crippen LogP contribution in [0.15, 0.2) is 4.99 Å². The minimum absolute atomic E-state index is 0.369. The number of halogens is 1. The summed E-state index contributed by atoms with van der Waals surface area (Å²) in [5.41, 5.74) is 0. The van der Waals surface area contributed by atoms with Gasteiger partial charge >= 0.3 is 6.03 Å². The van der Waals surface area contributed by atoms with E-state index in [2.05, 4.69) is 32.8 Å². The van der Waals surface area contributed by atoms with Crippen LogP contribution in [0.4, 0.5) is 4.79 Å². The minimum Gasteiger partial charge on any atom is -0.319 e. The first kappa shape index (κ1) is 4.77. The van der Waals surface area contributed by atoms with Crippen LogP contribution in [0, 0.1) is 6.54 Å². The molecule has 1 N–H and O–H groups in total. The van der Waals surface area contributed by atoms with E-state index in [4.69, 9.17) is 0 Å². The molecule has 0 aromatic carbocycles. The van der Waals surface area contributed by atoms with Crippen LogP contribution in [-0.2, 0) is 0 Å². The van der Waals surface area contributed by atoms with E-state index in [0.717, 1.165) is 0 Å². The Labute approximate surface area is 48.9 Å². The second-order valence-corrected chi connectivity index (χ2v) is 1.71. The zero-order valence-electron chi connectivity index (χ0n) is 3.23. The first-order valence-electron chi connectivity index (χ1n) is 1.59. The van der Waals surface area contributed by atoms with Gasteiger partial charge in [-0.1, -0.05) is 0 Å². The highest BCUT2D eigenvalue weighted by Gasteiger charge is 2.09. The van der Waals surface area contributed by atoms with Crippen molar-refractivity contribution < 1.29 is 4.79 Å². The number of carbonyl (C=O) groups is 1. The van der Waals surface area contributed by atoms with Gasteiger partial charge in [-0.15, -0.1) is 0 Å². The number of amides is 2. The first-order valence-corrected chi connectivity index (χ1v) is 2.38. The van der Waals surface area contributed by atoms with Crippen molar-refractivity contribution in [1.29, 1.82) is 0 Å². The Morgan fingerprint density at radius 1 is 1.86 bits per heavy atom. The summed E-state index contributed by atoms with van der Waals surface area (Å²) >= 11 is 2.93. The third kappa shape index (κ3) is 0.991. The Hall–Kier alpha value is -0.380. The highest BCUT2D eigenvalue weighted by molar-refractivity contribution is 9.18. The molecule has 0 saturated heterocycles. The Morgan fingerprint density at radius 2 is 2.57 bits per heavy atom. The lowest BCUT2D eigenvalue weighted by atomic mass is 10.8. The number of hydrogen-bond acceptors (Lipinski definition) is 1. The van der Waals surface area contributed by atoms with Crippen LogP contribution < -0.4 is 5.32 Å². The van der Waals surface area contributed by atoms with Gasteiger partial charge < -0.3 is 5.32 Å². The van der Waals surface area contributed by atoms with Crippen molar-refractivity contribution in [3.63, 3.8) is 0 Å². The van der Waals surface area contributed by atoms with Gasteiger partial charge in [0.05, 0.1) is 0 Å². The van der Waals surface area contributed by atoms with Gasteiger partial charge in [0.15, 0.2) is 6.54 Å². The highest BCUT2D eigenvalue weighted by atomic mass is 79.9. The molecule has 1 rings (SSSR count). The van der Waals surface area contributed by atoms with Crippen LogP contribution in [0.1, 0.15) is 0 Å². The van der Waals surface area contributed by atoms with Gasteiger partial charge in [-0.2, -0.15) is 4.99 Å². The minimum atomic E-state index is -0.369. The fraction of sp³-hybridized carbons (Fsp3) is 0. The summed E-state index contributed by atoms with van der Waals surface area (Å²) in [4.78, 5) is 13.4. The molecule has 0 bridgehead atoms. The molecule has 0 atom stereocenters. The Balaban J connectivity index is 2.67. The van der Waals surface area contributed by atoms with E-state index in [0.29, 0.717) is 4.62 Å². The van der Waals surface area contributed by atoms with Gasteiger partial charge in [0.1, 0.15) is 4.62 Å². The smallest absolute Gasteiger partial charge is 0.319 e. The summed E-state index contributed by atoms with van der Waals surface area (Å²) < 4.78 is 0.428. The van der Waals surface area contributed by atoms with Crippen LogP contribution in [0.3, 0.4) is 0 Å². The topological polar surface area (TPSA) is 41.5 Å². The maximum absolute atomic E-state index is 10.1. The second-order valence-electron chi connectivity index (χ2n) is 0.958. The molecule has 0 fully saturated rings. The lowest BCUT2D eigenvalue weighted by molar-refractivity contribution is 0.253. The zero-order valence-corrected chi connectivity index (χ0v) is 4.82. The summed E-state index contributed by atoms with van der Waals surface area (Å²) in [5, 5.41) is 2.23. The Bertz CT molecular complexity index is 131. The molecule has 1 aliphatic rings. The molecule has 1 aliphatic heterocycles. The third-order valence-electron chi connectivity index (χ3n) is 0.472. The van der Waals surface area contributed by atoms with E-state index in [9.17, 15) is 4.79 Å². The fourth-order valence-electron chi connectivity index (χ4n) is 0.250. The summed E-state index contributed by atoms with van der Waals surface area (Å²) in [6.45, 7) is 2.44. The van der Waals surface area contributed by atoms with Crippen molar-refractivity contribution in [3.05, 3.63) is 6.54 Å². The summed E-state index contributed by atoms with van der Waals surface area (Å²) in [6.07, 6.45) is 0. The first-order chi connectivity index (χ1) is 3.29. The van der Waals surface area contributed by atoms with Gasteiger partial charge in [-0.25, -0.2) is 4.79 Å². The SMILES string of the molecule is O=C1N=C(Br)[C]N1. The molecule has 0 unspecified atom stereocenters. The predicted molar refractivity (Wildman–Crippen MR) is 28.1 cm³/mol. The van der Waals surface area contributed by atoms with Crippen molar-refractivity contribution >= 4 is 26.6 Å². The monoisotopic (exact) mass is 160 g/mol. The summed E-state index contributed by atoms with van der Waals surface area (Å²) in [5.74, 6) is 0. The van der Waals surface area contributed by atoms with E-state index >= 15 is 0 Å². The number of aliphatic imine (C=N–C) groups is 1. The molecule has 3 nitrogen and oxygen atoms in total. The van der Waals surface area contributed by atoms with Crippen LogP contribution >= 0.6 is 15.9 Å². The zero-order chi connectivity index (χ0) is 5.28. The van der Waals surface area contributed by atoms with Crippen molar-refractivity contribution in [1.82, 2.24) is 5.32 Å². The van der Waals surface area contributed by atoms with Crippen LogP contribution in [0.25, 0.3) is 0 Å². The molecule has 2 radical (unpaired) electrons. The van der Waals surface area contributed by atoms with Crippen LogP contribution in [0.2, 0.25) is 0 Å². The number of rotatable bonds is 0. The van der Waals surface area contributed by atoms with E-state index < -0.39 is 0 Å². The van der Waals surface area contributed by atoms with E-state index in [1.807, 2.05) is 0 Å². The summed E-state index contributed by atoms with van der Waals surface area (Å²) in [7, 11) is 0. The summed E-state index contributed by atoms with van der Waals surface area (Å²) in [6, 6.07) is -0.369. The average Bonchev–Trinajstić information content (AvgIpc) is 1.87. The second kappa shape index (κ2) is 1.61. The molecule has 7 heavy (non-hydrogen) atoms. The van der Waals surface area contributed by atoms with E-state index in [-0.39, 0.29) is 6.03 Å². The molecule has 1 heterocycles. The average molecular weight is 161 g/mol. The molecule has 2 amide bonds. The van der Waals surface area contributed by atoms with Gasteiger partial charge in [-0.3, -0.25) is 0 Å². The van der Waals surface area contributed by atoms with Gasteiger partial charge in [-0.05, 0) is 15.9 Å². The standard InChI is InChI=1S/C3HBrN2O/c4-2-1-5-3(7)6-2/h(H,5,7). The molecule has 0 saturated carbocycles. The normalized spacial score (nSPS) is 19.0. The highest BCUT2D eigenvalue weighted by Crippen LogP contribution is 1.98. The van der Waals surface area contributed by atoms with Crippen molar-refractivity contribution in [2.24, 2.45) is 4.99 Å². The molecular formula is C3HBrN2O. The number of nitrogens with zero attached hydrogens (tertiary/aromatic N) is 1. The van der Waals surface area contributed by atoms with Crippen molar-refractivity contribution in [2.75, 3.05) is 0 Å². The van der Waals surface area contributed by atoms with Crippen LogP contribution in [0.5, 0.6) is 0 Å². The van der Waals surface area contributed by atoms with Gasteiger partial charge in [0.25, 0.3) is 0 Å². The molecular weight excluding hydrogens is 160 g/mol. The van der Waals surface area contributed by atoms with Crippen molar-refractivity contribution in [3.8, 4) is 0 Å². The predicted octanol–water partition coefficient (Wildman–Crippen LogP) is 0.542. The third-order valence-corrected chi connectivity index (χ3v) is 0.848. The molecule has 0 aliphatic carbocycles. The Morgan fingerprint density at radius 3 is 2.71 bits per heavy atom. The quantitative estimate of drug-likeness (QED) is 0.553. The largest absolute Gasteiger partial charge is 0.342 e. The maximum Gasteiger partial charge on any atom is 0.342 e. The van der Waals surface area contributed by atoms with Gasteiger partial charge in [0, 0.05) is 0 Å². The maximum atomic E-state index is 10.1. The molecule has 0 spiro atoms. The molecule has 4 heteroatoms. The number of hydrogen-bond donors (Lipinski definition) is 1. The number of carbonyl (C=O) groups excluding carboxylic acids is 1. The van der Waals surface area contributed by atoms with E-state index in [1.54, 1.807) is 0 Å². The molecule has 0 aromatic heterocycles. The van der Waals surface area contributed by atoms with Gasteiger partial charge in [0.2, 0.25) is 0 Å². The molecule has 0 aromatic rings. The lowest BCUT2D eigenvalue weighted by Crippen LogP contribution is -2.08. The number of urea groups is 1. The van der Waals surface area contributed by atoms with Crippen molar-refractivity contribution in [2.45, 2.75) is 0 Å².